The van der Waals surface area contributed by atoms with Crippen molar-refractivity contribution in [3.63, 3.8) is 0 Å². The van der Waals surface area contributed by atoms with E-state index in [9.17, 15) is 4.79 Å². The van der Waals surface area contributed by atoms with Gasteiger partial charge in [0.2, 0.25) is 5.91 Å². The molecule has 0 bridgehead atoms. The van der Waals surface area contributed by atoms with E-state index in [0.29, 0.717) is 19.8 Å². The molecule has 0 aromatic heterocycles. The molecule has 1 atom stereocenters. The lowest BCUT2D eigenvalue weighted by molar-refractivity contribution is -0.125. The molecule has 1 unspecified atom stereocenters. The standard InChI is InChI=1S/C18H26N2O4.ClH/c1-22-14(12-19)11-17(21)20-18(6-2-3-7-18)13-4-5-15-16(10-13)24-9-8-23-15;/h4-5,10,14H,2-3,6-9,11-12,19H2,1H3,(H,20,21);1H. The van der Waals surface area contributed by atoms with E-state index < -0.39 is 0 Å². The van der Waals surface area contributed by atoms with Crippen LogP contribution in [0.4, 0.5) is 0 Å². The maximum Gasteiger partial charge on any atom is 0.223 e. The molecule has 0 saturated heterocycles. The van der Waals surface area contributed by atoms with Crippen LogP contribution in [0.3, 0.4) is 0 Å². The Labute approximate surface area is 154 Å². The number of rotatable bonds is 6. The number of fused-ring (bicyclic) bond motifs is 1. The molecule has 1 saturated carbocycles. The number of nitrogens with two attached hydrogens (primary N) is 1. The molecule has 0 radical (unpaired) electrons. The smallest absolute Gasteiger partial charge is 0.223 e. The molecule has 1 fully saturated rings. The van der Waals surface area contributed by atoms with Crippen LogP contribution in [0.1, 0.15) is 37.7 Å². The lowest BCUT2D eigenvalue weighted by atomic mass is 9.87. The molecule has 1 aromatic rings. The highest BCUT2D eigenvalue weighted by Crippen LogP contribution is 2.42. The van der Waals surface area contributed by atoms with Crippen molar-refractivity contribution >= 4 is 18.3 Å². The molecular weight excluding hydrogens is 344 g/mol. The van der Waals surface area contributed by atoms with Gasteiger partial charge in [0.25, 0.3) is 0 Å². The zero-order valence-corrected chi connectivity index (χ0v) is 15.4. The third-order valence-corrected chi connectivity index (χ3v) is 4.94. The van der Waals surface area contributed by atoms with E-state index in [4.69, 9.17) is 19.9 Å². The topological polar surface area (TPSA) is 82.8 Å². The van der Waals surface area contributed by atoms with Gasteiger partial charge in [-0.1, -0.05) is 18.9 Å². The molecule has 1 aromatic carbocycles. The number of nitrogens with one attached hydrogen (secondary N) is 1. The average molecular weight is 371 g/mol. The van der Waals surface area contributed by atoms with Crippen molar-refractivity contribution in [2.75, 3.05) is 26.9 Å². The Bertz CT molecular complexity index is 586. The number of benzene rings is 1. The van der Waals surface area contributed by atoms with Crippen molar-refractivity contribution in [2.24, 2.45) is 5.73 Å². The zero-order chi connectivity index (χ0) is 17.0. The Morgan fingerprint density at radius 3 is 2.60 bits per heavy atom. The van der Waals surface area contributed by atoms with Gasteiger partial charge in [0.05, 0.1) is 18.1 Å². The Kier molecular flexibility index (Phi) is 6.93. The monoisotopic (exact) mass is 370 g/mol. The van der Waals surface area contributed by atoms with Gasteiger partial charge in [0, 0.05) is 13.7 Å². The first kappa shape index (κ1) is 19.8. The van der Waals surface area contributed by atoms with Crippen molar-refractivity contribution in [1.82, 2.24) is 5.32 Å². The molecule has 3 rings (SSSR count). The quantitative estimate of drug-likeness (QED) is 0.801. The van der Waals surface area contributed by atoms with E-state index in [1.54, 1.807) is 7.11 Å². The van der Waals surface area contributed by atoms with Crippen LogP contribution in [0.2, 0.25) is 0 Å². The first-order valence-corrected chi connectivity index (χ1v) is 8.61. The number of ether oxygens (including phenoxy) is 3. The maximum atomic E-state index is 12.5. The van der Waals surface area contributed by atoms with Crippen LogP contribution in [0, 0.1) is 0 Å². The molecule has 1 amide bonds. The number of carbonyl (C=O) groups is 1. The second kappa shape index (κ2) is 8.74. The van der Waals surface area contributed by atoms with E-state index >= 15 is 0 Å². The number of hydrogen-bond acceptors (Lipinski definition) is 5. The van der Waals surface area contributed by atoms with Gasteiger partial charge < -0.3 is 25.3 Å². The minimum atomic E-state index is -0.334. The molecule has 1 aliphatic heterocycles. The molecule has 1 heterocycles. The fraction of sp³-hybridized carbons (Fsp3) is 0.611. The van der Waals surface area contributed by atoms with Gasteiger partial charge in [-0.05, 0) is 30.5 Å². The fourth-order valence-corrected chi connectivity index (χ4v) is 3.59. The molecule has 0 spiro atoms. The van der Waals surface area contributed by atoms with Crippen LogP contribution >= 0.6 is 12.4 Å². The molecule has 6 nitrogen and oxygen atoms in total. The molecule has 140 valence electrons. The summed E-state index contributed by atoms with van der Waals surface area (Å²) < 4.78 is 16.5. The molecular formula is C18H27ClN2O4. The molecule has 3 N–H and O–H groups in total. The molecule has 7 heteroatoms. The van der Waals surface area contributed by atoms with Crippen molar-refractivity contribution < 1.29 is 19.0 Å². The zero-order valence-electron chi connectivity index (χ0n) is 14.6. The number of methoxy groups -OCH3 is 1. The summed E-state index contributed by atoms with van der Waals surface area (Å²) in [6.07, 6.45) is 4.08. The Hall–Kier alpha value is -1.50. The summed E-state index contributed by atoms with van der Waals surface area (Å²) in [6, 6.07) is 5.99. The highest BCUT2D eigenvalue weighted by Gasteiger charge is 2.38. The van der Waals surface area contributed by atoms with E-state index in [1.807, 2.05) is 18.2 Å². The SMILES string of the molecule is COC(CN)CC(=O)NC1(c2ccc3c(c2)OCCO3)CCCC1.Cl. The summed E-state index contributed by atoms with van der Waals surface area (Å²) in [6.45, 7) is 1.47. The third kappa shape index (κ3) is 4.37. The van der Waals surface area contributed by atoms with Gasteiger partial charge in [0.15, 0.2) is 11.5 Å². The summed E-state index contributed by atoms with van der Waals surface area (Å²) in [5, 5.41) is 3.24. The van der Waals surface area contributed by atoms with Crippen LogP contribution in [-0.4, -0.2) is 38.9 Å². The summed E-state index contributed by atoms with van der Waals surface area (Å²) >= 11 is 0. The molecule has 1 aliphatic carbocycles. The van der Waals surface area contributed by atoms with Crippen molar-refractivity contribution in [3.8, 4) is 11.5 Å². The highest BCUT2D eigenvalue weighted by atomic mass is 35.5. The first-order chi connectivity index (χ1) is 11.7. The van der Waals surface area contributed by atoms with Crippen LogP contribution in [0.5, 0.6) is 11.5 Å². The second-order valence-corrected chi connectivity index (χ2v) is 6.49. The second-order valence-electron chi connectivity index (χ2n) is 6.49. The van der Waals surface area contributed by atoms with Crippen molar-refractivity contribution in [3.05, 3.63) is 23.8 Å². The van der Waals surface area contributed by atoms with Gasteiger partial charge in [0.1, 0.15) is 13.2 Å². The van der Waals surface area contributed by atoms with Gasteiger partial charge in [-0.15, -0.1) is 12.4 Å². The number of hydrogen-bond donors (Lipinski definition) is 2. The van der Waals surface area contributed by atoms with Crippen LogP contribution in [-0.2, 0) is 15.1 Å². The number of carbonyl (C=O) groups excluding carboxylic acids is 1. The normalized spacial score (nSPS) is 19.0. The maximum absolute atomic E-state index is 12.5. The first-order valence-electron chi connectivity index (χ1n) is 8.61. The van der Waals surface area contributed by atoms with Crippen molar-refractivity contribution in [1.29, 1.82) is 0 Å². The number of halogens is 1. The minimum Gasteiger partial charge on any atom is -0.486 e. The molecule has 25 heavy (non-hydrogen) atoms. The van der Waals surface area contributed by atoms with Crippen LogP contribution in [0.25, 0.3) is 0 Å². The van der Waals surface area contributed by atoms with Gasteiger partial charge >= 0.3 is 0 Å². The van der Waals surface area contributed by atoms with Crippen LogP contribution in [0.15, 0.2) is 18.2 Å². The number of amides is 1. The largest absolute Gasteiger partial charge is 0.486 e. The Morgan fingerprint density at radius 1 is 1.28 bits per heavy atom. The highest BCUT2D eigenvalue weighted by molar-refractivity contribution is 5.85. The van der Waals surface area contributed by atoms with Crippen LogP contribution < -0.4 is 20.5 Å². The summed E-state index contributed by atoms with van der Waals surface area (Å²) in [5.74, 6) is 1.51. The lowest BCUT2D eigenvalue weighted by Gasteiger charge is -2.32. The predicted octanol–water partition coefficient (Wildman–Crippen LogP) is 2.13. The Morgan fingerprint density at radius 2 is 1.96 bits per heavy atom. The lowest BCUT2D eigenvalue weighted by Crippen LogP contribution is -2.45. The average Bonchev–Trinajstić information content (AvgIpc) is 3.08. The van der Waals surface area contributed by atoms with Crippen molar-refractivity contribution in [2.45, 2.75) is 43.7 Å². The summed E-state index contributed by atoms with van der Waals surface area (Å²) in [5.41, 5.74) is 6.37. The van der Waals surface area contributed by atoms with Gasteiger partial charge in [-0.2, -0.15) is 0 Å². The van der Waals surface area contributed by atoms with E-state index in [0.717, 1.165) is 42.7 Å². The van der Waals surface area contributed by atoms with E-state index in [1.165, 1.54) is 0 Å². The fourth-order valence-electron chi connectivity index (χ4n) is 3.59. The third-order valence-electron chi connectivity index (χ3n) is 4.94. The van der Waals surface area contributed by atoms with E-state index in [-0.39, 0.29) is 36.4 Å². The summed E-state index contributed by atoms with van der Waals surface area (Å²) in [7, 11) is 1.58. The minimum absolute atomic E-state index is 0. The van der Waals surface area contributed by atoms with E-state index in [2.05, 4.69) is 5.32 Å². The predicted molar refractivity (Wildman–Crippen MR) is 97.4 cm³/mol. The van der Waals surface area contributed by atoms with Gasteiger partial charge in [-0.25, -0.2) is 0 Å². The molecule has 2 aliphatic rings. The summed E-state index contributed by atoms with van der Waals surface area (Å²) in [4.78, 5) is 12.5. The Balaban J connectivity index is 0.00000225. The van der Waals surface area contributed by atoms with Gasteiger partial charge in [-0.3, -0.25) is 4.79 Å².